The molecule has 0 heterocycles. The zero-order chi connectivity index (χ0) is 14.2. The Hall–Kier alpha value is -1.05. The second kappa shape index (κ2) is 5.15. The molecule has 3 atom stereocenters. The minimum atomic E-state index is -0.398. The summed E-state index contributed by atoms with van der Waals surface area (Å²) in [6.07, 6.45) is 7.63. The summed E-state index contributed by atoms with van der Waals surface area (Å²) in [6.45, 7) is 10.3. The lowest BCUT2D eigenvalue weighted by Gasteiger charge is -2.34. The first-order valence-corrected chi connectivity index (χ1v) is 7.44. The number of hydrogen-bond acceptors (Lipinski definition) is 2. The van der Waals surface area contributed by atoms with Crippen LogP contribution in [-0.2, 0) is 9.53 Å². The maximum absolute atomic E-state index is 11.8. The van der Waals surface area contributed by atoms with E-state index in [1.807, 2.05) is 20.8 Å². The molecule has 0 N–H and O–H groups in total. The molecule has 0 aliphatic heterocycles. The molecule has 19 heavy (non-hydrogen) atoms. The van der Waals surface area contributed by atoms with Crippen LogP contribution in [0.15, 0.2) is 23.3 Å². The second-order valence-electron chi connectivity index (χ2n) is 7.00. The molecule has 1 saturated carbocycles. The first-order chi connectivity index (χ1) is 8.80. The average molecular weight is 262 g/mol. The summed E-state index contributed by atoms with van der Waals surface area (Å²) in [5.74, 6) is 1.76. The van der Waals surface area contributed by atoms with Crippen LogP contribution >= 0.6 is 0 Å². The van der Waals surface area contributed by atoms with Crippen molar-refractivity contribution in [3.05, 3.63) is 23.3 Å². The quantitative estimate of drug-likeness (QED) is 0.431. The number of carbonyl (C=O) groups is 1. The van der Waals surface area contributed by atoms with Gasteiger partial charge in [-0.3, -0.25) is 0 Å². The van der Waals surface area contributed by atoms with E-state index in [2.05, 4.69) is 19.9 Å². The van der Waals surface area contributed by atoms with Gasteiger partial charge in [-0.05, 0) is 51.9 Å². The zero-order valence-corrected chi connectivity index (χ0v) is 12.8. The molecule has 1 fully saturated rings. The first kappa shape index (κ1) is 14.4. The van der Waals surface area contributed by atoms with Gasteiger partial charge in [-0.1, -0.05) is 31.1 Å². The smallest absolute Gasteiger partial charge is 0.331 e. The normalized spacial score (nSPS) is 29.5. The molecule has 0 saturated heterocycles. The van der Waals surface area contributed by atoms with Gasteiger partial charge in [0.25, 0.3) is 0 Å². The van der Waals surface area contributed by atoms with E-state index >= 15 is 0 Å². The monoisotopic (exact) mass is 262 g/mol. The van der Waals surface area contributed by atoms with Crippen molar-refractivity contribution >= 4 is 5.97 Å². The Kier molecular flexibility index (Phi) is 3.89. The molecular weight excluding hydrogens is 236 g/mol. The summed E-state index contributed by atoms with van der Waals surface area (Å²) < 4.78 is 5.35. The number of fused-ring (bicyclic) bond motifs is 1. The standard InChI is InChI=1S/C17H26O2/c1-6-11(2)12-7-13-8-14(15(13)9-12)10-16(18)19-17(3,4)5/h9-11,13,15H,6-8H2,1-5H3/t11?,13-,15-/m0/s1. The van der Waals surface area contributed by atoms with Crippen molar-refractivity contribution in [2.75, 3.05) is 0 Å². The van der Waals surface area contributed by atoms with Gasteiger partial charge in [-0.25, -0.2) is 4.79 Å². The van der Waals surface area contributed by atoms with Crippen molar-refractivity contribution in [1.82, 2.24) is 0 Å². The lowest BCUT2D eigenvalue weighted by Crippen LogP contribution is -2.27. The van der Waals surface area contributed by atoms with Crippen molar-refractivity contribution < 1.29 is 9.53 Å². The van der Waals surface area contributed by atoms with Crippen LogP contribution in [0.1, 0.15) is 53.9 Å². The summed E-state index contributed by atoms with van der Waals surface area (Å²) in [5, 5.41) is 0. The van der Waals surface area contributed by atoms with E-state index in [1.165, 1.54) is 18.4 Å². The van der Waals surface area contributed by atoms with Crippen LogP contribution in [-0.4, -0.2) is 11.6 Å². The zero-order valence-electron chi connectivity index (χ0n) is 12.8. The summed E-state index contributed by atoms with van der Waals surface area (Å²) in [7, 11) is 0. The highest BCUT2D eigenvalue weighted by Gasteiger charge is 2.40. The number of hydrogen-bond donors (Lipinski definition) is 0. The van der Waals surface area contributed by atoms with Crippen molar-refractivity contribution in [3.63, 3.8) is 0 Å². The van der Waals surface area contributed by atoms with Gasteiger partial charge in [0, 0.05) is 12.0 Å². The number of esters is 1. The lowest BCUT2D eigenvalue weighted by atomic mass is 9.71. The molecule has 2 aliphatic rings. The van der Waals surface area contributed by atoms with Crippen molar-refractivity contribution in [3.8, 4) is 0 Å². The van der Waals surface area contributed by atoms with Gasteiger partial charge in [-0.2, -0.15) is 0 Å². The fourth-order valence-corrected chi connectivity index (χ4v) is 3.02. The molecule has 1 unspecified atom stereocenters. The average Bonchev–Trinajstić information content (AvgIpc) is 2.60. The van der Waals surface area contributed by atoms with E-state index in [0.29, 0.717) is 11.8 Å². The largest absolute Gasteiger partial charge is 0.457 e. The van der Waals surface area contributed by atoms with E-state index in [9.17, 15) is 4.79 Å². The van der Waals surface area contributed by atoms with Gasteiger partial charge in [-0.15, -0.1) is 0 Å². The lowest BCUT2D eigenvalue weighted by molar-refractivity contribution is -0.148. The van der Waals surface area contributed by atoms with Gasteiger partial charge in [0.2, 0.25) is 0 Å². The number of ether oxygens (including phenoxy) is 1. The third-order valence-electron chi connectivity index (χ3n) is 4.28. The van der Waals surface area contributed by atoms with E-state index in [4.69, 9.17) is 4.74 Å². The van der Waals surface area contributed by atoms with Crippen LogP contribution in [0.5, 0.6) is 0 Å². The minimum absolute atomic E-state index is 0.189. The van der Waals surface area contributed by atoms with Gasteiger partial charge >= 0.3 is 5.97 Å². The Morgan fingerprint density at radius 2 is 2.16 bits per heavy atom. The van der Waals surface area contributed by atoms with E-state index < -0.39 is 5.60 Å². The Bertz CT molecular complexity index is 423. The summed E-state index contributed by atoms with van der Waals surface area (Å²) in [6, 6.07) is 0. The molecule has 0 amide bonds. The fourth-order valence-electron chi connectivity index (χ4n) is 3.02. The molecule has 0 aromatic heterocycles. The molecule has 0 aromatic carbocycles. The van der Waals surface area contributed by atoms with Crippen LogP contribution in [0.25, 0.3) is 0 Å². The van der Waals surface area contributed by atoms with Gasteiger partial charge in [0.1, 0.15) is 5.60 Å². The molecular formula is C17H26O2. The summed E-state index contributed by atoms with van der Waals surface area (Å²) in [5.41, 5.74) is 2.45. The van der Waals surface area contributed by atoms with Gasteiger partial charge in [0.05, 0.1) is 0 Å². The Morgan fingerprint density at radius 1 is 1.47 bits per heavy atom. The predicted octanol–water partition coefficient (Wildman–Crippen LogP) is 4.27. The van der Waals surface area contributed by atoms with Crippen LogP contribution in [0.2, 0.25) is 0 Å². The molecule has 2 nitrogen and oxygen atoms in total. The summed E-state index contributed by atoms with van der Waals surface area (Å²) >= 11 is 0. The molecule has 0 spiro atoms. The number of rotatable bonds is 3. The molecule has 0 aromatic rings. The third-order valence-corrected chi connectivity index (χ3v) is 4.28. The second-order valence-corrected chi connectivity index (χ2v) is 7.00. The molecule has 2 rings (SSSR count). The maximum atomic E-state index is 11.8. The third kappa shape index (κ3) is 3.29. The number of carbonyl (C=O) groups excluding carboxylic acids is 1. The Morgan fingerprint density at radius 3 is 2.74 bits per heavy atom. The van der Waals surface area contributed by atoms with Crippen molar-refractivity contribution in [2.45, 2.75) is 59.5 Å². The molecule has 2 heteroatoms. The van der Waals surface area contributed by atoms with Crippen molar-refractivity contribution in [1.29, 1.82) is 0 Å². The highest BCUT2D eigenvalue weighted by molar-refractivity contribution is 5.83. The minimum Gasteiger partial charge on any atom is -0.457 e. The fraction of sp³-hybridized carbons (Fsp3) is 0.706. The topological polar surface area (TPSA) is 26.3 Å². The van der Waals surface area contributed by atoms with Crippen LogP contribution in [0.3, 0.4) is 0 Å². The molecule has 0 radical (unpaired) electrons. The molecule has 2 aliphatic carbocycles. The maximum Gasteiger partial charge on any atom is 0.331 e. The highest BCUT2D eigenvalue weighted by atomic mass is 16.6. The summed E-state index contributed by atoms with van der Waals surface area (Å²) in [4.78, 5) is 11.8. The van der Waals surface area contributed by atoms with Crippen LogP contribution in [0, 0.1) is 17.8 Å². The Balaban J connectivity index is 1.99. The first-order valence-electron chi connectivity index (χ1n) is 7.44. The predicted molar refractivity (Wildman–Crippen MR) is 77.7 cm³/mol. The number of allylic oxidation sites excluding steroid dienone is 3. The van der Waals surface area contributed by atoms with Crippen LogP contribution in [0.4, 0.5) is 0 Å². The molecule has 0 bridgehead atoms. The van der Waals surface area contributed by atoms with E-state index in [0.717, 1.165) is 12.3 Å². The SMILES string of the molecule is CCC(C)C1=C[C@@H]2C(=CC(=O)OC(C)(C)C)C[C@@H]2C1. The van der Waals surface area contributed by atoms with Gasteiger partial charge < -0.3 is 4.74 Å². The van der Waals surface area contributed by atoms with Gasteiger partial charge in [0.15, 0.2) is 0 Å². The van der Waals surface area contributed by atoms with Crippen molar-refractivity contribution in [2.24, 2.45) is 17.8 Å². The molecule has 106 valence electrons. The highest BCUT2D eigenvalue weighted by Crippen LogP contribution is 2.51. The Labute approximate surface area is 116 Å². The van der Waals surface area contributed by atoms with E-state index in [1.54, 1.807) is 11.6 Å². The van der Waals surface area contributed by atoms with Crippen LogP contribution < -0.4 is 0 Å². The van der Waals surface area contributed by atoms with E-state index in [-0.39, 0.29) is 5.97 Å².